The Kier molecular flexibility index (Phi) is 4.50. The average molecular weight is 315 g/mol. The van der Waals surface area contributed by atoms with Gasteiger partial charge in [0, 0.05) is 18.6 Å². The number of carboxylic acid groups (broad SMARTS) is 1. The van der Waals surface area contributed by atoms with Gasteiger partial charge in [-0.25, -0.2) is 17.9 Å². The zero-order chi connectivity index (χ0) is 15.5. The summed E-state index contributed by atoms with van der Waals surface area (Å²) in [6, 6.07) is 5.49. The highest BCUT2D eigenvalue weighted by molar-refractivity contribution is 7.89. The summed E-state index contributed by atoms with van der Waals surface area (Å²) >= 11 is 0. The molecule has 21 heavy (non-hydrogen) atoms. The first kappa shape index (κ1) is 15.7. The lowest BCUT2D eigenvalue weighted by atomic mass is 10.1. The van der Waals surface area contributed by atoms with E-state index in [4.69, 9.17) is 14.9 Å². The second-order valence-corrected chi connectivity index (χ2v) is 6.90. The highest BCUT2D eigenvalue weighted by Crippen LogP contribution is 2.44. The average Bonchev–Trinajstić information content (AvgIpc) is 3.24. The smallest absolute Gasteiger partial charge is 0.341 e. The summed E-state index contributed by atoms with van der Waals surface area (Å²) in [5.41, 5.74) is -0.308. The molecule has 2 rings (SSSR count). The molecule has 1 aliphatic rings. The van der Waals surface area contributed by atoms with Gasteiger partial charge in [-0.3, -0.25) is 0 Å². The van der Waals surface area contributed by atoms with Gasteiger partial charge in [0.15, 0.2) is 6.61 Å². The van der Waals surface area contributed by atoms with Gasteiger partial charge in [0.05, 0.1) is 4.90 Å². The number of carbonyl (C=O) groups is 1. The Balaban J connectivity index is 1.98. The highest BCUT2D eigenvalue weighted by Gasteiger charge is 2.42. The molecule has 0 spiro atoms. The summed E-state index contributed by atoms with van der Waals surface area (Å²) in [7, 11) is -3.64. The number of rotatable bonds is 8. The van der Waals surface area contributed by atoms with Crippen LogP contribution in [0.15, 0.2) is 29.2 Å². The second kappa shape index (κ2) is 6.00. The number of hydrogen-bond acceptors (Lipinski definition) is 5. The van der Waals surface area contributed by atoms with Crippen LogP contribution >= 0.6 is 0 Å². The van der Waals surface area contributed by atoms with E-state index in [0.29, 0.717) is 0 Å². The summed E-state index contributed by atoms with van der Waals surface area (Å²) in [5, 5.41) is 17.6. The van der Waals surface area contributed by atoms with Crippen molar-refractivity contribution in [2.75, 3.05) is 19.8 Å². The van der Waals surface area contributed by atoms with E-state index in [1.165, 1.54) is 24.3 Å². The molecule has 0 saturated heterocycles. The second-order valence-electron chi connectivity index (χ2n) is 5.14. The largest absolute Gasteiger partial charge is 0.482 e. The van der Waals surface area contributed by atoms with Crippen LogP contribution in [0.4, 0.5) is 0 Å². The molecule has 0 aromatic heterocycles. The molecular formula is C13H17NO6S. The predicted octanol–water partition coefficient (Wildman–Crippen LogP) is 0.201. The maximum atomic E-state index is 12.1. The van der Waals surface area contributed by atoms with Crippen molar-refractivity contribution in [3.63, 3.8) is 0 Å². The van der Waals surface area contributed by atoms with Gasteiger partial charge in [-0.1, -0.05) is 0 Å². The van der Waals surface area contributed by atoms with Gasteiger partial charge in [-0.2, -0.15) is 0 Å². The lowest BCUT2D eigenvalue weighted by Crippen LogP contribution is -2.31. The van der Waals surface area contributed by atoms with E-state index in [1.54, 1.807) is 0 Å². The van der Waals surface area contributed by atoms with E-state index in [0.717, 1.165) is 12.8 Å². The molecule has 0 atom stereocenters. The fourth-order valence-corrected chi connectivity index (χ4v) is 2.92. The standard InChI is InChI=1S/C13H17NO6S/c15-9-13(5-6-13)8-14-21(18,19)11-3-1-10(2-4-11)20-7-12(16)17/h1-4,14-15H,5-9H2,(H,16,17). The first-order chi connectivity index (χ1) is 9.87. The Morgan fingerprint density at radius 3 is 2.38 bits per heavy atom. The Morgan fingerprint density at radius 2 is 1.90 bits per heavy atom. The third-order valence-corrected chi connectivity index (χ3v) is 4.84. The van der Waals surface area contributed by atoms with Crippen molar-refractivity contribution in [3.8, 4) is 5.75 Å². The molecule has 0 radical (unpaired) electrons. The van der Waals surface area contributed by atoms with Crippen molar-refractivity contribution in [1.82, 2.24) is 4.72 Å². The van der Waals surface area contributed by atoms with E-state index < -0.39 is 22.6 Å². The highest BCUT2D eigenvalue weighted by atomic mass is 32.2. The summed E-state index contributed by atoms with van der Waals surface area (Å²) in [6.45, 7) is -0.302. The van der Waals surface area contributed by atoms with Crippen LogP contribution in [0, 0.1) is 5.41 Å². The monoisotopic (exact) mass is 315 g/mol. The third kappa shape index (κ3) is 4.16. The number of nitrogens with one attached hydrogen (secondary N) is 1. The Hall–Kier alpha value is -1.64. The normalized spacial score (nSPS) is 16.4. The van der Waals surface area contributed by atoms with Crippen molar-refractivity contribution in [1.29, 1.82) is 0 Å². The van der Waals surface area contributed by atoms with Crippen LogP contribution in [0.2, 0.25) is 0 Å². The molecule has 0 amide bonds. The van der Waals surface area contributed by atoms with Gasteiger partial charge >= 0.3 is 5.97 Å². The van der Waals surface area contributed by atoms with Crippen molar-refractivity contribution in [3.05, 3.63) is 24.3 Å². The number of sulfonamides is 1. The first-order valence-corrected chi connectivity index (χ1v) is 7.90. The topological polar surface area (TPSA) is 113 Å². The van der Waals surface area contributed by atoms with Gasteiger partial charge in [0.25, 0.3) is 0 Å². The van der Waals surface area contributed by atoms with Crippen molar-refractivity contribution < 1.29 is 28.2 Å². The Labute approximate surface area is 122 Å². The van der Waals surface area contributed by atoms with Crippen LogP contribution in [0.25, 0.3) is 0 Å². The quantitative estimate of drug-likeness (QED) is 0.631. The summed E-state index contributed by atoms with van der Waals surface area (Å²) in [5.74, 6) is -0.822. The van der Waals surface area contributed by atoms with Gasteiger partial charge in [0.2, 0.25) is 10.0 Å². The molecule has 0 heterocycles. The van der Waals surface area contributed by atoms with Crippen LogP contribution in [-0.2, 0) is 14.8 Å². The number of aliphatic carboxylic acids is 1. The Morgan fingerprint density at radius 1 is 1.29 bits per heavy atom. The molecule has 0 aliphatic heterocycles. The summed E-state index contributed by atoms with van der Waals surface area (Å²) in [6.07, 6.45) is 1.63. The number of ether oxygens (including phenoxy) is 1. The number of aliphatic hydroxyl groups is 1. The minimum Gasteiger partial charge on any atom is -0.482 e. The van der Waals surface area contributed by atoms with Gasteiger partial charge in [0.1, 0.15) is 5.75 Å². The zero-order valence-electron chi connectivity index (χ0n) is 11.3. The fraction of sp³-hybridized carbons (Fsp3) is 0.462. The fourth-order valence-electron chi connectivity index (χ4n) is 1.76. The molecule has 1 aliphatic carbocycles. The van der Waals surface area contributed by atoms with E-state index in [-0.39, 0.29) is 29.2 Å². The molecule has 8 heteroatoms. The maximum Gasteiger partial charge on any atom is 0.341 e. The van der Waals surface area contributed by atoms with Gasteiger partial charge in [-0.05, 0) is 37.1 Å². The van der Waals surface area contributed by atoms with Crippen LogP contribution in [-0.4, -0.2) is 44.4 Å². The summed E-state index contributed by atoms with van der Waals surface area (Å²) in [4.78, 5) is 10.4. The molecule has 3 N–H and O–H groups in total. The van der Waals surface area contributed by atoms with Crippen LogP contribution in [0.1, 0.15) is 12.8 Å². The SMILES string of the molecule is O=C(O)COc1ccc(S(=O)(=O)NCC2(CO)CC2)cc1. The van der Waals surface area contributed by atoms with E-state index in [9.17, 15) is 13.2 Å². The van der Waals surface area contributed by atoms with Crippen molar-refractivity contribution in [2.45, 2.75) is 17.7 Å². The number of carboxylic acids is 1. The third-order valence-electron chi connectivity index (χ3n) is 3.43. The molecule has 116 valence electrons. The first-order valence-electron chi connectivity index (χ1n) is 6.42. The van der Waals surface area contributed by atoms with Crippen LogP contribution < -0.4 is 9.46 Å². The van der Waals surface area contributed by atoms with Crippen LogP contribution in [0.5, 0.6) is 5.75 Å². The van der Waals surface area contributed by atoms with E-state index in [2.05, 4.69) is 4.72 Å². The number of benzene rings is 1. The number of aliphatic hydroxyl groups excluding tert-OH is 1. The van der Waals surface area contributed by atoms with Crippen molar-refractivity contribution in [2.24, 2.45) is 5.41 Å². The van der Waals surface area contributed by atoms with E-state index >= 15 is 0 Å². The van der Waals surface area contributed by atoms with Gasteiger partial charge < -0.3 is 14.9 Å². The summed E-state index contributed by atoms with van der Waals surface area (Å²) < 4.78 is 31.5. The molecule has 0 bridgehead atoms. The minimum absolute atomic E-state index is 0.0303. The molecular weight excluding hydrogens is 298 g/mol. The van der Waals surface area contributed by atoms with Gasteiger partial charge in [-0.15, -0.1) is 0 Å². The lowest BCUT2D eigenvalue weighted by molar-refractivity contribution is -0.139. The minimum atomic E-state index is -3.64. The lowest BCUT2D eigenvalue weighted by Gasteiger charge is -2.13. The molecule has 7 nitrogen and oxygen atoms in total. The Bertz CT molecular complexity index is 606. The molecule has 1 aromatic carbocycles. The zero-order valence-corrected chi connectivity index (χ0v) is 12.1. The molecule has 0 unspecified atom stereocenters. The maximum absolute atomic E-state index is 12.1. The molecule has 1 aromatic rings. The number of hydrogen-bond donors (Lipinski definition) is 3. The predicted molar refractivity (Wildman–Crippen MR) is 73.5 cm³/mol. The van der Waals surface area contributed by atoms with E-state index in [1.807, 2.05) is 0 Å². The molecule has 1 fully saturated rings. The van der Waals surface area contributed by atoms with Crippen molar-refractivity contribution >= 4 is 16.0 Å². The molecule has 1 saturated carbocycles. The van der Waals surface area contributed by atoms with Crippen LogP contribution in [0.3, 0.4) is 0 Å².